The first-order valence-corrected chi connectivity index (χ1v) is 21.2. The summed E-state index contributed by atoms with van der Waals surface area (Å²) in [4.78, 5) is 50.9. The molecule has 0 spiro atoms. The molecule has 4 aromatic rings. The van der Waals surface area contributed by atoms with Crippen LogP contribution in [0.25, 0.3) is 0 Å². The largest absolute Gasteiger partial charge is 0.352 e. The summed E-state index contributed by atoms with van der Waals surface area (Å²) < 4.78 is 44.7. The zero-order valence-corrected chi connectivity index (χ0v) is 35.8. The van der Waals surface area contributed by atoms with E-state index in [4.69, 9.17) is 16.0 Å². The second-order valence-electron chi connectivity index (χ2n) is 15.6. The number of Topliss-reactive ketones (excluding diaryl/α,β-unsaturated/α-hetero) is 1. The van der Waals surface area contributed by atoms with Crippen LogP contribution in [0.3, 0.4) is 0 Å². The predicted molar refractivity (Wildman–Crippen MR) is 230 cm³/mol. The molecule has 3 amide bonds. The number of rotatable bonds is 18. The molecule has 3 aromatic carbocycles. The third kappa shape index (κ3) is 16.9. The van der Waals surface area contributed by atoms with E-state index in [2.05, 4.69) is 21.1 Å². The molecule has 0 unspecified atom stereocenters. The van der Waals surface area contributed by atoms with Gasteiger partial charge < -0.3 is 31.9 Å². The lowest BCUT2D eigenvalue weighted by atomic mass is 9.81. The highest BCUT2D eigenvalue weighted by Crippen LogP contribution is 2.29. The van der Waals surface area contributed by atoms with Crippen LogP contribution in [-0.4, -0.2) is 40.7 Å². The van der Waals surface area contributed by atoms with Crippen LogP contribution < -0.4 is 27.4 Å². The summed E-state index contributed by atoms with van der Waals surface area (Å²) in [5, 5.41) is 11.9. The number of carbonyl (C=O) groups excluding carboxylic acids is 4. The molecule has 5 rings (SSSR count). The van der Waals surface area contributed by atoms with E-state index in [1.54, 1.807) is 54.6 Å². The highest BCUT2D eigenvalue weighted by atomic mass is 19.1. The van der Waals surface area contributed by atoms with Gasteiger partial charge in [0.2, 0.25) is 17.6 Å². The number of nitrogens with zero attached hydrogens (tertiary/aromatic N) is 1. The maximum Gasteiger partial charge on any atom is 0.290 e. The van der Waals surface area contributed by atoms with E-state index in [1.807, 2.05) is 27.7 Å². The van der Waals surface area contributed by atoms with Crippen molar-refractivity contribution in [2.45, 2.75) is 117 Å². The summed E-state index contributed by atoms with van der Waals surface area (Å²) in [6, 6.07) is 19.4. The molecule has 332 valence electrons. The number of nitrogens with one attached hydrogen (secondary N) is 3. The third-order valence-electron chi connectivity index (χ3n) is 11.3. The lowest BCUT2D eigenvalue weighted by Crippen LogP contribution is -2.45. The fraction of sp³-hybridized carbons (Fsp3) is 0.468. The lowest BCUT2D eigenvalue weighted by molar-refractivity contribution is -0.132. The molecule has 61 heavy (non-hydrogen) atoms. The van der Waals surface area contributed by atoms with Gasteiger partial charge in [-0.2, -0.15) is 0 Å². The molecule has 14 heteroatoms. The molecule has 0 aliphatic heterocycles. The first-order valence-electron chi connectivity index (χ1n) is 21.2. The zero-order chi connectivity index (χ0) is 44.7. The minimum atomic E-state index is -0.707. The molecule has 1 aromatic heterocycles. The van der Waals surface area contributed by atoms with Crippen LogP contribution in [-0.2, 0) is 34.0 Å². The van der Waals surface area contributed by atoms with E-state index in [1.165, 1.54) is 36.9 Å². The average molecular weight is 849 g/mol. The van der Waals surface area contributed by atoms with Gasteiger partial charge in [-0.1, -0.05) is 132 Å². The molecule has 1 fully saturated rings. The summed E-state index contributed by atoms with van der Waals surface area (Å²) >= 11 is 0. The van der Waals surface area contributed by atoms with E-state index in [0.717, 1.165) is 32.1 Å². The Bertz CT molecular complexity index is 1940. The summed E-state index contributed by atoms with van der Waals surface area (Å²) in [7, 11) is 0. The summed E-state index contributed by atoms with van der Waals surface area (Å²) in [5.41, 5.74) is 12.4. The topological polar surface area (TPSA) is 182 Å². The van der Waals surface area contributed by atoms with Gasteiger partial charge in [0.25, 0.3) is 5.91 Å². The molecule has 1 aliphatic carbocycles. The number of aromatic nitrogens is 1. The van der Waals surface area contributed by atoms with Gasteiger partial charge in [-0.3, -0.25) is 19.2 Å². The van der Waals surface area contributed by atoms with Crippen molar-refractivity contribution >= 4 is 23.5 Å². The average Bonchev–Trinajstić information content (AvgIpc) is 3.83. The van der Waals surface area contributed by atoms with Crippen molar-refractivity contribution in [1.29, 1.82) is 0 Å². The Hall–Kier alpha value is -5.34. The van der Waals surface area contributed by atoms with Gasteiger partial charge in [-0.25, -0.2) is 13.2 Å². The Balaban J connectivity index is 0.000000312. The number of carbonyl (C=O) groups is 4. The molecule has 11 nitrogen and oxygen atoms in total. The van der Waals surface area contributed by atoms with Crippen molar-refractivity contribution in [1.82, 2.24) is 21.1 Å². The Morgan fingerprint density at radius 1 is 0.738 bits per heavy atom. The smallest absolute Gasteiger partial charge is 0.290 e. The van der Waals surface area contributed by atoms with Crippen molar-refractivity contribution in [3.63, 3.8) is 0 Å². The second kappa shape index (κ2) is 26.8. The van der Waals surface area contributed by atoms with Crippen molar-refractivity contribution < 1.29 is 36.9 Å². The molecule has 0 saturated heterocycles. The van der Waals surface area contributed by atoms with E-state index < -0.39 is 23.9 Å². The van der Waals surface area contributed by atoms with Gasteiger partial charge in [0, 0.05) is 54.7 Å². The van der Waals surface area contributed by atoms with Gasteiger partial charge in [0.05, 0.1) is 18.3 Å². The fourth-order valence-electron chi connectivity index (χ4n) is 6.86. The first-order chi connectivity index (χ1) is 29.3. The van der Waals surface area contributed by atoms with E-state index >= 15 is 0 Å². The minimum absolute atomic E-state index is 0.00613. The third-order valence-corrected chi connectivity index (χ3v) is 11.3. The number of nitrogens with two attached hydrogens (primary N) is 2. The summed E-state index contributed by atoms with van der Waals surface area (Å²) in [6.07, 6.45) is 8.97. The first kappa shape index (κ1) is 50.0. The van der Waals surface area contributed by atoms with Crippen LogP contribution in [0.1, 0.15) is 113 Å². The maximum absolute atomic E-state index is 14.0. The van der Waals surface area contributed by atoms with Gasteiger partial charge in [0.1, 0.15) is 17.5 Å². The second-order valence-corrected chi connectivity index (χ2v) is 15.6. The Kier molecular flexibility index (Phi) is 22.0. The SMILES string of the molecule is CC[C@H](C)[C@H](CC(=O)[C@H](CC1CCCCC1)NC(=O)c1ccno1)C(=O)NCc1ccccc1F.CC[C@H](C)[C@H](N)C(=O)NCc1ccccc1F.NCc1ccccc1F. The van der Waals surface area contributed by atoms with Crippen molar-refractivity contribution in [3.8, 4) is 0 Å². The fourth-order valence-corrected chi connectivity index (χ4v) is 6.86. The van der Waals surface area contributed by atoms with Crippen LogP contribution in [0, 0.1) is 41.1 Å². The summed E-state index contributed by atoms with van der Waals surface area (Å²) in [6.45, 7) is 8.31. The highest BCUT2D eigenvalue weighted by molar-refractivity contribution is 5.97. The van der Waals surface area contributed by atoms with E-state index in [0.29, 0.717) is 35.4 Å². The molecule has 7 N–H and O–H groups in total. The predicted octanol–water partition coefficient (Wildman–Crippen LogP) is 7.92. The van der Waals surface area contributed by atoms with Gasteiger partial charge in [-0.15, -0.1) is 0 Å². The lowest BCUT2D eigenvalue weighted by Gasteiger charge is -2.28. The quantitative estimate of drug-likeness (QED) is 0.0669. The standard InChI is InChI=1S/C27H36FN3O4.C13H19FN2O.C7H8FN/c1-3-18(2)21(26(33)29-17-20-11-7-8-12-22(20)28)16-24(32)23(15-19-9-5-4-6-10-19)31-27(34)25-13-14-30-35-25;1-3-9(2)12(15)13(17)16-8-10-6-4-5-7-11(10)14;8-7-4-2-1-3-6(7)5-9/h7-8,11-14,18-19,21,23H,3-6,9-10,15-17H2,1-2H3,(H,29,33)(H,31,34);4-7,9,12H,3,8,15H2,1-2H3,(H,16,17);1-4H,5,9H2/t18-,21-,23-;9-,12-;/m00./s1. The number of benzene rings is 3. The number of hydrogen-bond acceptors (Lipinski definition) is 8. The zero-order valence-electron chi connectivity index (χ0n) is 35.8. The van der Waals surface area contributed by atoms with Gasteiger partial charge >= 0.3 is 0 Å². The molecule has 0 radical (unpaired) electrons. The van der Waals surface area contributed by atoms with Crippen LogP contribution >= 0.6 is 0 Å². The highest BCUT2D eigenvalue weighted by Gasteiger charge is 2.33. The monoisotopic (exact) mass is 848 g/mol. The van der Waals surface area contributed by atoms with Crippen molar-refractivity contribution in [2.24, 2.45) is 35.1 Å². The normalized spacial score (nSPS) is 15.0. The van der Waals surface area contributed by atoms with E-state index in [-0.39, 0.29) is 78.7 Å². The van der Waals surface area contributed by atoms with Crippen molar-refractivity contribution in [3.05, 3.63) is 125 Å². The molecule has 1 aliphatic rings. The number of hydrogen-bond donors (Lipinski definition) is 5. The van der Waals surface area contributed by atoms with Crippen LogP contribution in [0.2, 0.25) is 0 Å². The molecule has 1 saturated carbocycles. The Morgan fingerprint density at radius 3 is 1.70 bits per heavy atom. The Labute approximate surface area is 358 Å². The van der Waals surface area contributed by atoms with E-state index in [9.17, 15) is 32.3 Å². The molecule has 5 atom stereocenters. The van der Waals surface area contributed by atoms with Gasteiger partial charge in [0.15, 0.2) is 5.78 Å². The van der Waals surface area contributed by atoms with Gasteiger partial charge in [-0.05, 0) is 42.4 Å². The van der Waals surface area contributed by atoms with Crippen molar-refractivity contribution in [2.75, 3.05) is 0 Å². The summed E-state index contributed by atoms with van der Waals surface area (Å²) in [5.74, 6) is -2.20. The molecular weight excluding hydrogens is 786 g/mol. The number of amides is 3. The van der Waals surface area contributed by atoms with Crippen LogP contribution in [0.4, 0.5) is 13.2 Å². The number of ketones is 1. The molecule has 0 bridgehead atoms. The van der Waals surface area contributed by atoms with Crippen LogP contribution in [0.5, 0.6) is 0 Å². The molecule has 1 heterocycles. The number of halogens is 3. The maximum atomic E-state index is 14.0. The minimum Gasteiger partial charge on any atom is -0.352 e. The van der Waals surface area contributed by atoms with Crippen LogP contribution in [0.15, 0.2) is 89.6 Å². The Morgan fingerprint density at radius 2 is 1.25 bits per heavy atom. The molecular formula is C47H63F3N6O5.